The van der Waals surface area contributed by atoms with E-state index in [0.717, 1.165) is 11.4 Å². The van der Waals surface area contributed by atoms with Crippen LogP contribution < -0.4 is 10.1 Å². The number of carbonyl (C=O) groups excluding carboxylic acids is 1. The molecule has 0 fully saturated rings. The number of nitrogens with one attached hydrogen (secondary N) is 1. The van der Waals surface area contributed by atoms with Crippen LogP contribution in [0.2, 0.25) is 5.02 Å². The third-order valence-corrected chi connectivity index (χ3v) is 5.37. The van der Waals surface area contributed by atoms with E-state index in [-0.39, 0.29) is 11.7 Å². The fraction of sp³-hybridized carbons (Fsp3) is 0.250. The maximum absolute atomic E-state index is 12.3. The molecule has 1 aromatic heterocycles. The molecule has 0 unspecified atom stereocenters. The van der Waals surface area contributed by atoms with Crippen molar-refractivity contribution in [1.82, 2.24) is 14.8 Å². The summed E-state index contributed by atoms with van der Waals surface area (Å²) in [6.07, 6.45) is 0. The molecule has 2 aromatic carbocycles. The van der Waals surface area contributed by atoms with Gasteiger partial charge in [0.05, 0.1) is 17.9 Å². The van der Waals surface area contributed by atoms with E-state index in [1.165, 1.54) is 17.3 Å². The number of benzene rings is 2. The molecule has 1 amide bonds. The fourth-order valence-corrected chi connectivity index (χ4v) is 3.73. The first-order valence-corrected chi connectivity index (χ1v) is 10.1. The van der Waals surface area contributed by atoms with E-state index >= 15 is 0 Å². The number of thioether (sulfide) groups is 1. The number of methoxy groups -OCH3 is 1. The Morgan fingerprint density at radius 3 is 2.61 bits per heavy atom. The summed E-state index contributed by atoms with van der Waals surface area (Å²) < 4.78 is 7.12. The minimum atomic E-state index is -0.145. The predicted molar refractivity (Wildman–Crippen MR) is 113 cm³/mol. The van der Waals surface area contributed by atoms with Crippen LogP contribution in [0.4, 0.5) is 5.69 Å². The number of nitrogens with zero attached hydrogens (tertiary/aromatic N) is 3. The number of hydrogen-bond donors (Lipinski definition) is 1. The maximum atomic E-state index is 12.3. The van der Waals surface area contributed by atoms with Crippen molar-refractivity contribution in [2.75, 3.05) is 18.2 Å². The van der Waals surface area contributed by atoms with Gasteiger partial charge in [0.1, 0.15) is 5.75 Å². The molecule has 1 heterocycles. The number of anilines is 1. The number of halogens is 1. The second kappa shape index (κ2) is 9.12. The number of aromatic nitrogens is 3. The van der Waals surface area contributed by atoms with E-state index < -0.39 is 0 Å². The van der Waals surface area contributed by atoms with E-state index in [4.69, 9.17) is 16.3 Å². The smallest absolute Gasteiger partial charge is 0.234 e. The zero-order chi connectivity index (χ0) is 20.1. The Hall–Kier alpha value is -2.51. The van der Waals surface area contributed by atoms with Crippen molar-refractivity contribution in [2.45, 2.75) is 25.5 Å². The minimum Gasteiger partial charge on any atom is -0.495 e. The summed E-state index contributed by atoms with van der Waals surface area (Å²) in [6.45, 7) is 4.79. The third kappa shape index (κ3) is 4.66. The van der Waals surface area contributed by atoms with Crippen molar-refractivity contribution in [1.29, 1.82) is 0 Å². The van der Waals surface area contributed by atoms with Gasteiger partial charge in [-0.05, 0) is 32.0 Å². The van der Waals surface area contributed by atoms with Gasteiger partial charge in [0.2, 0.25) is 5.91 Å². The van der Waals surface area contributed by atoms with Gasteiger partial charge < -0.3 is 14.6 Å². The van der Waals surface area contributed by atoms with Crippen LogP contribution in [-0.2, 0) is 11.3 Å². The largest absolute Gasteiger partial charge is 0.495 e. The standard InChI is InChI=1S/C20H21ClN4O2S/c1-4-25-19(14-7-5-13(2)6-8-14)23-24-20(25)28-12-18(26)22-15-9-10-17(27-3)16(21)11-15/h5-11H,4,12H2,1-3H3,(H,22,26). The summed E-state index contributed by atoms with van der Waals surface area (Å²) in [4.78, 5) is 12.3. The van der Waals surface area contributed by atoms with Gasteiger partial charge in [-0.2, -0.15) is 0 Å². The van der Waals surface area contributed by atoms with Crippen molar-refractivity contribution in [3.8, 4) is 17.1 Å². The maximum Gasteiger partial charge on any atom is 0.234 e. The van der Waals surface area contributed by atoms with E-state index in [0.29, 0.717) is 28.2 Å². The Bertz CT molecular complexity index is 973. The highest BCUT2D eigenvalue weighted by molar-refractivity contribution is 7.99. The van der Waals surface area contributed by atoms with Crippen molar-refractivity contribution in [3.63, 3.8) is 0 Å². The molecule has 0 aliphatic heterocycles. The monoisotopic (exact) mass is 416 g/mol. The van der Waals surface area contributed by atoms with Crippen LogP contribution in [0, 0.1) is 6.92 Å². The Morgan fingerprint density at radius 2 is 1.96 bits per heavy atom. The summed E-state index contributed by atoms with van der Waals surface area (Å²) in [5.41, 5.74) is 2.81. The Balaban J connectivity index is 1.66. The van der Waals surface area contributed by atoms with Gasteiger partial charge in [0.25, 0.3) is 0 Å². The number of hydrogen-bond acceptors (Lipinski definition) is 5. The molecule has 28 heavy (non-hydrogen) atoms. The van der Waals surface area contributed by atoms with E-state index in [1.54, 1.807) is 25.3 Å². The first-order valence-electron chi connectivity index (χ1n) is 8.78. The van der Waals surface area contributed by atoms with Gasteiger partial charge in [0, 0.05) is 17.8 Å². The van der Waals surface area contributed by atoms with E-state index in [1.807, 2.05) is 42.7 Å². The van der Waals surface area contributed by atoms with Crippen LogP contribution in [-0.4, -0.2) is 33.5 Å². The lowest BCUT2D eigenvalue weighted by Crippen LogP contribution is -2.14. The molecular formula is C20H21ClN4O2S. The van der Waals surface area contributed by atoms with Crippen LogP contribution in [0.25, 0.3) is 11.4 Å². The molecule has 0 radical (unpaired) electrons. The molecule has 146 valence electrons. The fourth-order valence-electron chi connectivity index (χ4n) is 2.67. The molecule has 0 aliphatic carbocycles. The molecule has 3 aromatic rings. The number of amides is 1. The number of carbonyl (C=O) groups is 1. The second-order valence-corrected chi connectivity index (χ2v) is 7.45. The predicted octanol–water partition coefficient (Wildman–Crippen LogP) is 4.67. The van der Waals surface area contributed by atoms with Crippen LogP contribution in [0.1, 0.15) is 12.5 Å². The highest BCUT2D eigenvalue weighted by Crippen LogP contribution is 2.28. The topological polar surface area (TPSA) is 69.0 Å². The molecule has 3 rings (SSSR count). The Labute approximate surface area is 173 Å². The number of ether oxygens (including phenoxy) is 1. The average Bonchev–Trinajstić information content (AvgIpc) is 3.10. The molecule has 0 saturated carbocycles. The summed E-state index contributed by atoms with van der Waals surface area (Å²) in [5, 5.41) is 12.6. The Morgan fingerprint density at radius 1 is 1.21 bits per heavy atom. The van der Waals surface area contributed by atoms with Crippen LogP contribution in [0.15, 0.2) is 47.6 Å². The van der Waals surface area contributed by atoms with Gasteiger partial charge in [-0.3, -0.25) is 4.79 Å². The van der Waals surface area contributed by atoms with Gasteiger partial charge in [-0.1, -0.05) is 53.2 Å². The molecule has 0 aliphatic rings. The quantitative estimate of drug-likeness (QED) is 0.567. The molecule has 6 nitrogen and oxygen atoms in total. The SMILES string of the molecule is CCn1c(SCC(=O)Nc2ccc(OC)c(Cl)c2)nnc1-c1ccc(C)cc1. The highest BCUT2D eigenvalue weighted by atomic mass is 35.5. The zero-order valence-electron chi connectivity index (χ0n) is 15.9. The van der Waals surface area contributed by atoms with E-state index in [9.17, 15) is 4.79 Å². The van der Waals surface area contributed by atoms with E-state index in [2.05, 4.69) is 15.5 Å². The number of rotatable bonds is 7. The van der Waals surface area contributed by atoms with Crippen molar-refractivity contribution in [2.24, 2.45) is 0 Å². The highest BCUT2D eigenvalue weighted by Gasteiger charge is 2.15. The molecular weight excluding hydrogens is 396 g/mol. The second-order valence-electron chi connectivity index (χ2n) is 6.10. The lowest BCUT2D eigenvalue weighted by Gasteiger charge is -2.09. The summed E-state index contributed by atoms with van der Waals surface area (Å²) in [6, 6.07) is 13.3. The lowest BCUT2D eigenvalue weighted by atomic mass is 10.1. The molecule has 0 atom stereocenters. The number of aryl methyl sites for hydroxylation is 1. The molecule has 0 saturated heterocycles. The van der Waals surface area contributed by atoms with Gasteiger partial charge in [0.15, 0.2) is 11.0 Å². The zero-order valence-corrected chi connectivity index (χ0v) is 17.5. The minimum absolute atomic E-state index is 0.145. The van der Waals surface area contributed by atoms with Crippen molar-refractivity contribution in [3.05, 3.63) is 53.1 Å². The van der Waals surface area contributed by atoms with Gasteiger partial charge >= 0.3 is 0 Å². The molecule has 0 bridgehead atoms. The van der Waals surface area contributed by atoms with Crippen LogP contribution in [0.3, 0.4) is 0 Å². The Kier molecular flexibility index (Phi) is 6.59. The van der Waals surface area contributed by atoms with Gasteiger partial charge in [-0.25, -0.2) is 0 Å². The lowest BCUT2D eigenvalue weighted by molar-refractivity contribution is -0.113. The molecule has 1 N–H and O–H groups in total. The summed E-state index contributed by atoms with van der Waals surface area (Å²) >= 11 is 7.44. The summed E-state index contributed by atoms with van der Waals surface area (Å²) in [7, 11) is 1.55. The third-order valence-electron chi connectivity index (χ3n) is 4.11. The summed E-state index contributed by atoms with van der Waals surface area (Å²) in [5.74, 6) is 1.44. The van der Waals surface area contributed by atoms with Crippen LogP contribution in [0.5, 0.6) is 5.75 Å². The van der Waals surface area contributed by atoms with Crippen molar-refractivity contribution >= 4 is 35.0 Å². The first kappa shape index (κ1) is 20.2. The van der Waals surface area contributed by atoms with Crippen molar-refractivity contribution < 1.29 is 9.53 Å². The van der Waals surface area contributed by atoms with Gasteiger partial charge in [-0.15, -0.1) is 10.2 Å². The first-order chi connectivity index (χ1) is 13.5. The molecule has 8 heteroatoms. The molecule has 0 spiro atoms. The normalized spacial score (nSPS) is 10.7. The average molecular weight is 417 g/mol. The van der Waals surface area contributed by atoms with Crippen LogP contribution >= 0.6 is 23.4 Å².